The van der Waals surface area contributed by atoms with Gasteiger partial charge in [-0.05, 0) is 37.0 Å². The highest BCUT2D eigenvalue weighted by Crippen LogP contribution is 2.27. The van der Waals surface area contributed by atoms with Crippen molar-refractivity contribution >= 4 is 17.3 Å². The molecule has 1 amide bonds. The van der Waals surface area contributed by atoms with Crippen molar-refractivity contribution in [2.45, 2.75) is 19.3 Å². The average Bonchev–Trinajstić information content (AvgIpc) is 2.30. The highest BCUT2D eigenvalue weighted by atomic mass is 19.1. The van der Waals surface area contributed by atoms with Crippen LogP contribution in [0, 0.1) is 11.7 Å². The number of carbonyl (C=O) groups excluding carboxylic acids is 1. The van der Waals surface area contributed by atoms with E-state index in [0.29, 0.717) is 23.7 Å². The summed E-state index contributed by atoms with van der Waals surface area (Å²) in [6, 6.07) is 4.75. The molecule has 0 spiro atoms. The van der Waals surface area contributed by atoms with Gasteiger partial charge < -0.3 is 16.4 Å². The molecule has 1 fully saturated rings. The van der Waals surface area contributed by atoms with E-state index in [9.17, 15) is 9.18 Å². The van der Waals surface area contributed by atoms with Crippen molar-refractivity contribution in [3.8, 4) is 0 Å². The average molecular weight is 251 g/mol. The second-order valence-electron chi connectivity index (χ2n) is 4.81. The Kier molecular flexibility index (Phi) is 3.69. The monoisotopic (exact) mass is 251 g/mol. The fraction of sp³-hybridized carbons (Fsp3) is 0.462. The lowest BCUT2D eigenvalue weighted by atomic mass is 9.93. The minimum Gasteiger partial charge on any atom is -0.399 e. The van der Waals surface area contributed by atoms with Gasteiger partial charge in [-0.15, -0.1) is 0 Å². The van der Waals surface area contributed by atoms with E-state index < -0.39 is 0 Å². The number of nitrogens with zero attached hydrogens (tertiary/aromatic N) is 1. The number of hydrogen-bond acceptors (Lipinski definition) is 3. The molecule has 0 radical (unpaired) electrons. The van der Waals surface area contributed by atoms with Crippen LogP contribution < -0.4 is 16.4 Å². The fourth-order valence-corrected chi connectivity index (χ4v) is 2.44. The maximum absolute atomic E-state index is 13.7. The summed E-state index contributed by atoms with van der Waals surface area (Å²) in [6.45, 7) is 1.50. The van der Waals surface area contributed by atoms with Gasteiger partial charge in [-0.3, -0.25) is 4.79 Å². The second-order valence-corrected chi connectivity index (χ2v) is 4.81. The summed E-state index contributed by atoms with van der Waals surface area (Å²) in [5.41, 5.74) is 11.7. The van der Waals surface area contributed by atoms with E-state index >= 15 is 0 Å². The lowest BCUT2D eigenvalue weighted by Crippen LogP contribution is -2.35. The number of benzene rings is 1. The van der Waals surface area contributed by atoms with Crippen molar-refractivity contribution in [2.24, 2.45) is 11.7 Å². The topological polar surface area (TPSA) is 72.4 Å². The predicted molar refractivity (Wildman–Crippen MR) is 69.6 cm³/mol. The summed E-state index contributed by atoms with van der Waals surface area (Å²) >= 11 is 0. The third-order valence-electron chi connectivity index (χ3n) is 3.42. The van der Waals surface area contributed by atoms with Crippen LogP contribution in [0.2, 0.25) is 0 Å². The number of halogens is 1. The van der Waals surface area contributed by atoms with Crippen molar-refractivity contribution in [3.63, 3.8) is 0 Å². The maximum Gasteiger partial charge on any atom is 0.217 e. The van der Waals surface area contributed by atoms with Gasteiger partial charge >= 0.3 is 0 Å². The van der Waals surface area contributed by atoms with E-state index in [2.05, 4.69) is 0 Å². The Morgan fingerprint density at radius 2 is 2.06 bits per heavy atom. The summed E-state index contributed by atoms with van der Waals surface area (Å²) in [5, 5.41) is 0. The van der Waals surface area contributed by atoms with Crippen LogP contribution in [0.1, 0.15) is 19.3 Å². The first kappa shape index (κ1) is 12.7. The molecule has 1 saturated heterocycles. The first-order chi connectivity index (χ1) is 8.56. The van der Waals surface area contributed by atoms with Gasteiger partial charge in [-0.2, -0.15) is 0 Å². The van der Waals surface area contributed by atoms with E-state index in [1.165, 1.54) is 6.07 Å². The molecule has 0 saturated carbocycles. The number of amides is 1. The lowest BCUT2D eigenvalue weighted by molar-refractivity contribution is -0.119. The van der Waals surface area contributed by atoms with E-state index in [1.54, 1.807) is 12.1 Å². The molecule has 0 bridgehead atoms. The second kappa shape index (κ2) is 5.25. The van der Waals surface area contributed by atoms with Gasteiger partial charge in [0.2, 0.25) is 5.91 Å². The summed E-state index contributed by atoms with van der Waals surface area (Å²) in [7, 11) is 0. The Balaban J connectivity index is 1.99. The maximum atomic E-state index is 13.7. The number of hydrogen-bond donors (Lipinski definition) is 2. The first-order valence-electron chi connectivity index (χ1n) is 6.14. The lowest BCUT2D eigenvalue weighted by Gasteiger charge is -2.33. The van der Waals surface area contributed by atoms with Crippen molar-refractivity contribution < 1.29 is 9.18 Å². The number of piperidine rings is 1. The van der Waals surface area contributed by atoms with E-state index in [0.717, 1.165) is 25.9 Å². The number of nitrogens with two attached hydrogens (primary N) is 2. The zero-order valence-electron chi connectivity index (χ0n) is 10.2. The third-order valence-corrected chi connectivity index (χ3v) is 3.42. The highest BCUT2D eigenvalue weighted by Gasteiger charge is 2.22. The molecule has 5 heteroatoms. The third kappa shape index (κ3) is 2.91. The highest BCUT2D eigenvalue weighted by molar-refractivity contribution is 5.74. The van der Waals surface area contributed by atoms with E-state index in [1.807, 2.05) is 4.90 Å². The molecule has 18 heavy (non-hydrogen) atoms. The van der Waals surface area contributed by atoms with Gasteiger partial charge in [0.1, 0.15) is 5.82 Å². The standard InChI is InChI=1S/C13H18FN3O/c14-11-8-10(15)1-2-12(11)17-5-3-9(4-6-17)7-13(16)18/h1-2,8-9H,3-7,15H2,(H2,16,18). The van der Waals surface area contributed by atoms with Gasteiger partial charge in [0.05, 0.1) is 5.69 Å². The Morgan fingerprint density at radius 1 is 1.39 bits per heavy atom. The molecule has 1 aromatic rings. The summed E-state index contributed by atoms with van der Waals surface area (Å²) in [4.78, 5) is 12.8. The number of carbonyl (C=O) groups is 1. The normalized spacial score (nSPS) is 16.8. The van der Waals surface area contributed by atoms with Crippen LogP contribution >= 0.6 is 0 Å². The Bertz CT molecular complexity index is 442. The molecule has 4 nitrogen and oxygen atoms in total. The minimum atomic E-state index is -0.289. The van der Waals surface area contributed by atoms with Gasteiger partial charge in [0, 0.05) is 25.2 Å². The number of primary amides is 1. The van der Waals surface area contributed by atoms with Gasteiger partial charge in [-0.25, -0.2) is 4.39 Å². The smallest absolute Gasteiger partial charge is 0.217 e. The Labute approximate surface area is 106 Å². The zero-order chi connectivity index (χ0) is 13.1. The SMILES string of the molecule is NC(=O)CC1CCN(c2ccc(N)cc2F)CC1. The molecular formula is C13H18FN3O. The van der Waals surface area contributed by atoms with E-state index in [4.69, 9.17) is 11.5 Å². The molecule has 0 aromatic heterocycles. The van der Waals surface area contributed by atoms with Crippen molar-refractivity contribution in [3.05, 3.63) is 24.0 Å². The van der Waals surface area contributed by atoms with Crippen LogP contribution in [0.3, 0.4) is 0 Å². The molecule has 1 heterocycles. The van der Waals surface area contributed by atoms with Crippen LogP contribution in [0.15, 0.2) is 18.2 Å². The molecule has 0 atom stereocenters. The van der Waals surface area contributed by atoms with Gasteiger partial charge in [0.25, 0.3) is 0 Å². The molecule has 2 rings (SSSR count). The number of rotatable bonds is 3. The van der Waals surface area contributed by atoms with E-state index in [-0.39, 0.29) is 11.7 Å². The van der Waals surface area contributed by atoms with Crippen molar-refractivity contribution in [1.29, 1.82) is 0 Å². The summed E-state index contributed by atoms with van der Waals surface area (Å²) in [5.74, 6) is -0.217. The molecule has 1 aromatic carbocycles. The van der Waals surface area contributed by atoms with Crippen molar-refractivity contribution in [1.82, 2.24) is 0 Å². The minimum absolute atomic E-state index is 0.257. The molecule has 0 unspecified atom stereocenters. The first-order valence-corrected chi connectivity index (χ1v) is 6.14. The largest absolute Gasteiger partial charge is 0.399 e. The van der Waals surface area contributed by atoms with Crippen LogP contribution in [-0.2, 0) is 4.79 Å². The van der Waals surface area contributed by atoms with Crippen LogP contribution in [-0.4, -0.2) is 19.0 Å². The van der Waals surface area contributed by atoms with Crippen molar-refractivity contribution in [2.75, 3.05) is 23.7 Å². The van der Waals surface area contributed by atoms with Gasteiger partial charge in [0.15, 0.2) is 0 Å². The fourth-order valence-electron chi connectivity index (χ4n) is 2.44. The van der Waals surface area contributed by atoms with Gasteiger partial charge in [-0.1, -0.05) is 0 Å². The zero-order valence-corrected chi connectivity index (χ0v) is 10.2. The number of anilines is 2. The van der Waals surface area contributed by atoms with Crippen LogP contribution in [0.4, 0.5) is 15.8 Å². The quantitative estimate of drug-likeness (QED) is 0.800. The molecule has 98 valence electrons. The predicted octanol–water partition coefficient (Wildman–Crippen LogP) is 1.50. The van der Waals surface area contributed by atoms with Crippen LogP contribution in [0.25, 0.3) is 0 Å². The molecular weight excluding hydrogens is 233 g/mol. The Hall–Kier alpha value is -1.78. The summed E-state index contributed by atoms with van der Waals surface area (Å²) in [6.07, 6.45) is 2.16. The molecule has 0 aliphatic carbocycles. The molecule has 1 aliphatic rings. The summed E-state index contributed by atoms with van der Waals surface area (Å²) < 4.78 is 13.7. The van der Waals surface area contributed by atoms with Crippen LogP contribution in [0.5, 0.6) is 0 Å². The Morgan fingerprint density at radius 3 is 2.61 bits per heavy atom. The molecule has 4 N–H and O–H groups in total. The number of nitrogen functional groups attached to an aromatic ring is 1. The molecule has 1 aliphatic heterocycles.